The van der Waals surface area contributed by atoms with Crippen LogP contribution < -0.4 is 5.32 Å². The molecule has 1 aromatic carbocycles. The second kappa shape index (κ2) is 6.38. The molecule has 0 aliphatic carbocycles. The van der Waals surface area contributed by atoms with Crippen LogP contribution in [0.2, 0.25) is 0 Å². The van der Waals surface area contributed by atoms with Crippen molar-refractivity contribution in [1.29, 1.82) is 0 Å². The fourth-order valence-corrected chi connectivity index (χ4v) is 2.03. The molecule has 0 aliphatic rings. The molecule has 0 saturated heterocycles. The van der Waals surface area contributed by atoms with E-state index in [1.165, 1.54) is 11.1 Å². The zero-order valence-corrected chi connectivity index (χ0v) is 10.7. The van der Waals surface area contributed by atoms with Crippen LogP contribution in [0.3, 0.4) is 0 Å². The van der Waals surface area contributed by atoms with Gasteiger partial charge in [-0.2, -0.15) is 0 Å². The Hall–Kier alpha value is -1.58. The van der Waals surface area contributed by atoms with Crippen LogP contribution in [0.4, 0.5) is 0 Å². The van der Waals surface area contributed by atoms with E-state index < -0.39 is 0 Å². The van der Waals surface area contributed by atoms with E-state index >= 15 is 0 Å². The molecule has 0 amide bonds. The number of nitrogens with one attached hydrogen (secondary N) is 1. The van der Waals surface area contributed by atoms with Gasteiger partial charge >= 0.3 is 0 Å². The van der Waals surface area contributed by atoms with Crippen LogP contribution in [-0.2, 0) is 20.0 Å². The Morgan fingerprint density at radius 3 is 2.56 bits per heavy atom. The van der Waals surface area contributed by atoms with Gasteiger partial charge in [-0.3, -0.25) is 0 Å². The molecule has 3 nitrogen and oxygen atoms in total. The summed E-state index contributed by atoms with van der Waals surface area (Å²) in [5.74, 6) is 0. The molecule has 2 aromatic rings. The molecule has 0 bridgehead atoms. The van der Waals surface area contributed by atoms with Gasteiger partial charge in [0.1, 0.15) is 0 Å². The van der Waals surface area contributed by atoms with E-state index in [4.69, 9.17) is 0 Å². The second-order valence-electron chi connectivity index (χ2n) is 4.64. The van der Waals surface area contributed by atoms with Gasteiger partial charge in [0.2, 0.25) is 0 Å². The first kappa shape index (κ1) is 12.9. The molecular weight excluding hydrogens is 224 g/mol. The number of benzene rings is 1. The lowest BCUT2D eigenvalue weighted by Crippen LogP contribution is -2.33. The number of nitrogens with zero attached hydrogens (tertiary/aromatic N) is 1. The minimum absolute atomic E-state index is 0.104. The molecule has 0 aliphatic heterocycles. The molecule has 0 saturated carbocycles. The third kappa shape index (κ3) is 3.72. The summed E-state index contributed by atoms with van der Waals surface area (Å²) in [6.07, 6.45) is 4.97. The molecule has 3 heteroatoms. The highest BCUT2D eigenvalue weighted by Gasteiger charge is 2.07. The quantitative estimate of drug-likeness (QED) is 0.812. The average molecular weight is 244 g/mol. The highest BCUT2D eigenvalue weighted by Crippen LogP contribution is 2.05. The number of rotatable bonds is 6. The molecule has 2 N–H and O–H groups in total. The maximum atomic E-state index is 9.40. The largest absolute Gasteiger partial charge is 0.395 e. The van der Waals surface area contributed by atoms with Gasteiger partial charge in [0.25, 0.3) is 0 Å². The summed E-state index contributed by atoms with van der Waals surface area (Å²) < 4.78 is 2.03. The molecule has 1 heterocycles. The molecule has 1 aromatic heterocycles. The smallest absolute Gasteiger partial charge is 0.0587 e. The zero-order valence-electron chi connectivity index (χ0n) is 10.7. The Bertz CT molecular complexity index is 464. The highest BCUT2D eigenvalue weighted by atomic mass is 16.3. The normalized spacial score (nSPS) is 12.6. The van der Waals surface area contributed by atoms with Crippen LogP contribution in [0.5, 0.6) is 0 Å². The summed E-state index contributed by atoms with van der Waals surface area (Å²) in [5.41, 5.74) is 2.49. The summed E-state index contributed by atoms with van der Waals surface area (Å²) in [5, 5.41) is 12.8. The molecule has 1 atom stereocenters. The SMILES string of the molecule is Cn1ccc(CN[C@H](CO)Cc2ccccc2)c1. The summed E-state index contributed by atoms with van der Waals surface area (Å²) >= 11 is 0. The van der Waals surface area contributed by atoms with Crippen molar-refractivity contribution in [3.05, 3.63) is 59.9 Å². The van der Waals surface area contributed by atoms with Gasteiger partial charge in [0, 0.05) is 32.0 Å². The standard InChI is InChI=1S/C15H20N2O/c1-17-8-7-14(11-17)10-16-15(12-18)9-13-5-3-2-4-6-13/h2-8,11,15-16,18H,9-10,12H2,1H3/t15-/m0/s1. The first-order chi connectivity index (χ1) is 8.78. The van der Waals surface area contributed by atoms with E-state index in [-0.39, 0.29) is 12.6 Å². The summed E-state index contributed by atoms with van der Waals surface area (Å²) in [6.45, 7) is 0.945. The predicted octanol–water partition coefficient (Wildman–Crippen LogP) is 1.72. The summed E-state index contributed by atoms with van der Waals surface area (Å²) in [7, 11) is 2.01. The first-order valence-corrected chi connectivity index (χ1v) is 6.27. The van der Waals surface area contributed by atoms with E-state index in [2.05, 4.69) is 29.7 Å². The number of aliphatic hydroxyl groups excluding tert-OH is 1. The molecule has 0 unspecified atom stereocenters. The third-order valence-electron chi connectivity index (χ3n) is 3.03. The lowest BCUT2D eigenvalue weighted by Gasteiger charge is -2.15. The molecule has 0 fully saturated rings. The Morgan fingerprint density at radius 2 is 1.94 bits per heavy atom. The van der Waals surface area contributed by atoms with Gasteiger partial charge in [-0.1, -0.05) is 30.3 Å². The number of aromatic nitrogens is 1. The van der Waals surface area contributed by atoms with E-state index in [1.807, 2.05) is 36.0 Å². The lowest BCUT2D eigenvalue weighted by molar-refractivity contribution is 0.241. The average Bonchev–Trinajstić information content (AvgIpc) is 2.81. The maximum absolute atomic E-state index is 9.40. The number of aryl methyl sites for hydroxylation is 1. The van der Waals surface area contributed by atoms with Crippen molar-refractivity contribution in [3.63, 3.8) is 0 Å². The van der Waals surface area contributed by atoms with Gasteiger partial charge in [0.05, 0.1) is 6.61 Å². The number of hydrogen-bond donors (Lipinski definition) is 2. The van der Waals surface area contributed by atoms with Crippen LogP contribution in [0.15, 0.2) is 48.8 Å². The van der Waals surface area contributed by atoms with Crippen molar-refractivity contribution in [2.24, 2.45) is 7.05 Å². The maximum Gasteiger partial charge on any atom is 0.0587 e. The minimum atomic E-state index is 0.104. The fourth-order valence-electron chi connectivity index (χ4n) is 2.03. The lowest BCUT2D eigenvalue weighted by atomic mass is 10.1. The Balaban J connectivity index is 1.86. The topological polar surface area (TPSA) is 37.2 Å². The fraction of sp³-hybridized carbons (Fsp3) is 0.333. The molecule has 0 spiro atoms. The van der Waals surface area contributed by atoms with Crippen molar-refractivity contribution in [1.82, 2.24) is 9.88 Å². The van der Waals surface area contributed by atoms with Gasteiger partial charge in [-0.05, 0) is 23.6 Å². The van der Waals surface area contributed by atoms with Gasteiger partial charge in [-0.15, -0.1) is 0 Å². The molecule has 0 radical (unpaired) electrons. The summed E-state index contributed by atoms with van der Waals surface area (Å²) in [6, 6.07) is 12.4. The molecule has 96 valence electrons. The van der Waals surface area contributed by atoms with Crippen molar-refractivity contribution >= 4 is 0 Å². The third-order valence-corrected chi connectivity index (χ3v) is 3.03. The van der Waals surface area contributed by atoms with Crippen molar-refractivity contribution in [2.75, 3.05) is 6.61 Å². The van der Waals surface area contributed by atoms with Crippen molar-refractivity contribution < 1.29 is 5.11 Å². The van der Waals surface area contributed by atoms with Crippen LogP contribution in [0.25, 0.3) is 0 Å². The molecular formula is C15H20N2O. The monoisotopic (exact) mass is 244 g/mol. The van der Waals surface area contributed by atoms with Crippen LogP contribution in [-0.4, -0.2) is 22.3 Å². The predicted molar refractivity (Wildman–Crippen MR) is 73.3 cm³/mol. The van der Waals surface area contributed by atoms with E-state index in [9.17, 15) is 5.11 Å². The first-order valence-electron chi connectivity index (χ1n) is 6.27. The molecule has 18 heavy (non-hydrogen) atoms. The van der Waals surface area contributed by atoms with Crippen LogP contribution >= 0.6 is 0 Å². The van der Waals surface area contributed by atoms with Crippen molar-refractivity contribution in [2.45, 2.75) is 19.0 Å². The van der Waals surface area contributed by atoms with Gasteiger partial charge < -0.3 is 15.0 Å². The zero-order chi connectivity index (χ0) is 12.8. The van der Waals surface area contributed by atoms with Gasteiger partial charge in [-0.25, -0.2) is 0 Å². The van der Waals surface area contributed by atoms with Crippen LogP contribution in [0, 0.1) is 0 Å². The van der Waals surface area contributed by atoms with E-state index in [1.54, 1.807) is 0 Å². The summed E-state index contributed by atoms with van der Waals surface area (Å²) in [4.78, 5) is 0. The Labute approximate surface area is 108 Å². The number of hydrogen-bond acceptors (Lipinski definition) is 2. The van der Waals surface area contributed by atoms with E-state index in [0.717, 1.165) is 13.0 Å². The molecule has 2 rings (SSSR count). The van der Waals surface area contributed by atoms with Crippen molar-refractivity contribution in [3.8, 4) is 0 Å². The number of aliphatic hydroxyl groups is 1. The van der Waals surface area contributed by atoms with E-state index in [0.29, 0.717) is 0 Å². The Morgan fingerprint density at radius 1 is 1.17 bits per heavy atom. The van der Waals surface area contributed by atoms with Crippen LogP contribution in [0.1, 0.15) is 11.1 Å². The highest BCUT2D eigenvalue weighted by molar-refractivity contribution is 5.16. The second-order valence-corrected chi connectivity index (χ2v) is 4.64. The Kier molecular flexibility index (Phi) is 4.56. The minimum Gasteiger partial charge on any atom is -0.395 e. The van der Waals surface area contributed by atoms with Gasteiger partial charge in [0.15, 0.2) is 0 Å².